The molecule has 0 unspecified atom stereocenters. The molecule has 4 aromatic carbocycles. The molecular weight excluding hydrogens is 382 g/mol. The zero-order valence-corrected chi connectivity index (χ0v) is 15.6. The molecular formula is C24H16BrN. The van der Waals surface area contributed by atoms with Gasteiger partial charge >= 0.3 is 0 Å². The van der Waals surface area contributed by atoms with Gasteiger partial charge in [0, 0.05) is 26.3 Å². The maximum Gasteiger partial charge on any atom is 0.0465 e. The zero-order valence-electron chi connectivity index (χ0n) is 14.0. The van der Waals surface area contributed by atoms with E-state index in [1.807, 2.05) is 6.07 Å². The molecule has 0 radical (unpaired) electrons. The molecule has 0 saturated heterocycles. The third kappa shape index (κ3) is 2.63. The average molecular weight is 398 g/mol. The van der Waals surface area contributed by atoms with Gasteiger partial charge in [0.1, 0.15) is 0 Å². The molecule has 5 aromatic rings. The quantitative estimate of drug-likeness (QED) is 0.319. The van der Waals surface area contributed by atoms with Gasteiger partial charge < -0.3 is 4.98 Å². The maximum absolute atomic E-state index is 3.58. The van der Waals surface area contributed by atoms with Crippen molar-refractivity contribution in [2.24, 2.45) is 0 Å². The van der Waals surface area contributed by atoms with Crippen molar-refractivity contribution in [1.82, 2.24) is 4.98 Å². The number of hydrogen-bond acceptors (Lipinski definition) is 0. The molecule has 1 aromatic heterocycles. The summed E-state index contributed by atoms with van der Waals surface area (Å²) >= 11 is 3.58. The van der Waals surface area contributed by atoms with Gasteiger partial charge in [0.05, 0.1) is 0 Å². The largest absolute Gasteiger partial charge is 0.355 e. The van der Waals surface area contributed by atoms with Crippen molar-refractivity contribution in [3.63, 3.8) is 0 Å². The van der Waals surface area contributed by atoms with Gasteiger partial charge in [0.25, 0.3) is 0 Å². The van der Waals surface area contributed by atoms with E-state index in [1.54, 1.807) is 0 Å². The molecule has 0 saturated carbocycles. The summed E-state index contributed by atoms with van der Waals surface area (Å²) in [7, 11) is 0. The van der Waals surface area contributed by atoms with E-state index in [1.165, 1.54) is 44.1 Å². The molecule has 0 aliphatic carbocycles. The Bertz CT molecular complexity index is 1220. The Morgan fingerprint density at radius 1 is 0.500 bits per heavy atom. The normalized spacial score (nSPS) is 11.3. The van der Waals surface area contributed by atoms with E-state index < -0.39 is 0 Å². The van der Waals surface area contributed by atoms with Gasteiger partial charge in [-0.25, -0.2) is 0 Å². The van der Waals surface area contributed by atoms with E-state index >= 15 is 0 Å². The van der Waals surface area contributed by atoms with Crippen LogP contribution in [0.25, 0.3) is 44.1 Å². The van der Waals surface area contributed by atoms with E-state index in [0.717, 1.165) is 4.47 Å². The first-order valence-corrected chi connectivity index (χ1v) is 9.44. The molecule has 5 rings (SSSR count). The van der Waals surface area contributed by atoms with Gasteiger partial charge in [-0.15, -0.1) is 0 Å². The van der Waals surface area contributed by atoms with Gasteiger partial charge in [-0.05, 0) is 52.6 Å². The van der Waals surface area contributed by atoms with Crippen molar-refractivity contribution < 1.29 is 0 Å². The number of H-pyrrole nitrogens is 1. The lowest BCUT2D eigenvalue weighted by Crippen LogP contribution is -1.80. The number of fused-ring (bicyclic) bond motifs is 3. The van der Waals surface area contributed by atoms with Crippen LogP contribution in [0.2, 0.25) is 0 Å². The molecule has 1 N–H and O–H groups in total. The second kappa shape index (κ2) is 6.15. The average Bonchev–Trinajstić information content (AvgIpc) is 3.06. The van der Waals surface area contributed by atoms with E-state index in [-0.39, 0.29) is 0 Å². The van der Waals surface area contributed by atoms with Gasteiger partial charge in [0.15, 0.2) is 0 Å². The highest BCUT2D eigenvalue weighted by molar-refractivity contribution is 9.10. The molecule has 0 bridgehead atoms. The molecule has 0 fully saturated rings. The molecule has 0 amide bonds. The summed E-state index contributed by atoms with van der Waals surface area (Å²) in [5.41, 5.74) is 7.29. The Morgan fingerprint density at radius 3 is 1.77 bits per heavy atom. The van der Waals surface area contributed by atoms with Crippen LogP contribution in [-0.2, 0) is 0 Å². The first kappa shape index (κ1) is 15.4. The number of aromatic amines is 1. The van der Waals surface area contributed by atoms with Gasteiger partial charge in [-0.2, -0.15) is 0 Å². The number of hydrogen-bond donors (Lipinski definition) is 1. The first-order valence-electron chi connectivity index (χ1n) is 8.65. The summed E-state index contributed by atoms with van der Waals surface area (Å²) in [6.45, 7) is 0. The van der Waals surface area contributed by atoms with Crippen molar-refractivity contribution in [2.45, 2.75) is 0 Å². The highest BCUT2D eigenvalue weighted by atomic mass is 79.9. The van der Waals surface area contributed by atoms with Crippen LogP contribution in [0.4, 0.5) is 0 Å². The summed E-state index contributed by atoms with van der Waals surface area (Å²) in [5.74, 6) is 0. The number of rotatable bonds is 2. The predicted octanol–water partition coefficient (Wildman–Crippen LogP) is 7.42. The molecule has 124 valence electrons. The third-order valence-corrected chi connectivity index (χ3v) is 5.38. The monoisotopic (exact) mass is 397 g/mol. The van der Waals surface area contributed by atoms with Crippen LogP contribution in [0.5, 0.6) is 0 Å². The highest BCUT2D eigenvalue weighted by Gasteiger charge is 2.07. The van der Waals surface area contributed by atoms with Crippen LogP contribution >= 0.6 is 15.9 Å². The molecule has 2 heteroatoms. The van der Waals surface area contributed by atoms with E-state index in [2.05, 4.69) is 106 Å². The summed E-state index contributed by atoms with van der Waals surface area (Å²) in [5, 5.41) is 2.50. The predicted molar refractivity (Wildman–Crippen MR) is 114 cm³/mol. The van der Waals surface area contributed by atoms with Crippen LogP contribution in [-0.4, -0.2) is 4.98 Å². The zero-order chi connectivity index (χ0) is 17.5. The minimum atomic E-state index is 1.10. The Kier molecular flexibility index (Phi) is 3.65. The minimum absolute atomic E-state index is 1.10. The smallest absolute Gasteiger partial charge is 0.0465 e. The van der Waals surface area contributed by atoms with E-state index in [0.29, 0.717) is 0 Å². The molecule has 26 heavy (non-hydrogen) atoms. The second-order valence-electron chi connectivity index (χ2n) is 6.52. The summed E-state index contributed by atoms with van der Waals surface area (Å²) < 4.78 is 1.10. The summed E-state index contributed by atoms with van der Waals surface area (Å²) in [4.78, 5) is 3.49. The van der Waals surface area contributed by atoms with Crippen LogP contribution in [0.1, 0.15) is 0 Å². The number of aromatic nitrogens is 1. The standard InChI is InChI=1S/C24H16BrN/c25-20-11-13-24-22(15-20)21-14-19(10-12-23(21)26-24)18-8-6-17(7-9-18)16-4-2-1-3-5-16/h1-15,26H. The molecule has 0 atom stereocenters. The third-order valence-electron chi connectivity index (χ3n) is 4.89. The van der Waals surface area contributed by atoms with Crippen molar-refractivity contribution >= 4 is 37.7 Å². The Hall–Kier alpha value is -2.84. The number of benzene rings is 4. The summed E-state index contributed by atoms with van der Waals surface area (Å²) in [6, 6.07) is 32.3. The Labute approximate surface area is 160 Å². The second-order valence-corrected chi connectivity index (χ2v) is 7.43. The van der Waals surface area contributed by atoms with Gasteiger partial charge in [-0.3, -0.25) is 0 Å². The molecule has 1 nitrogen and oxygen atoms in total. The fourth-order valence-electron chi connectivity index (χ4n) is 3.53. The van der Waals surface area contributed by atoms with Crippen LogP contribution in [0, 0.1) is 0 Å². The number of halogens is 1. The molecule has 0 spiro atoms. The fraction of sp³-hybridized carbons (Fsp3) is 0. The Morgan fingerprint density at radius 2 is 1.04 bits per heavy atom. The van der Waals surface area contributed by atoms with Crippen molar-refractivity contribution in [3.8, 4) is 22.3 Å². The lowest BCUT2D eigenvalue weighted by molar-refractivity contribution is 1.54. The van der Waals surface area contributed by atoms with Crippen LogP contribution in [0.3, 0.4) is 0 Å². The van der Waals surface area contributed by atoms with E-state index in [9.17, 15) is 0 Å². The topological polar surface area (TPSA) is 15.8 Å². The molecule has 0 aliphatic heterocycles. The first-order chi connectivity index (χ1) is 12.8. The molecule has 1 heterocycles. The van der Waals surface area contributed by atoms with Crippen molar-refractivity contribution in [1.29, 1.82) is 0 Å². The maximum atomic E-state index is 3.58. The Balaban J connectivity index is 1.60. The molecule has 0 aliphatic rings. The lowest BCUT2D eigenvalue weighted by atomic mass is 9.99. The fourth-order valence-corrected chi connectivity index (χ4v) is 3.90. The highest BCUT2D eigenvalue weighted by Crippen LogP contribution is 2.32. The van der Waals surface area contributed by atoms with Crippen LogP contribution in [0.15, 0.2) is 95.5 Å². The van der Waals surface area contributed by atoms with Crippen molar-refractivity contribution in [3.05, 3.63) is 95.5 Å². The van der Waals surface area contributed by atoms with E-state index in [4.69, 9.17) is 0 Å². The van der Waals surface area contributed by atoms with Gasteiger partial charge in [-0.1, -0.05) is 76.6 Å². The van der Waals surface area contributed by atoms with Gasteiger partial charge in [0.2, 0.25) is 0 Å². The van der Waals surface area contributed by atoms with Crippen LogP contribution < -0.4 is 0 Å². The number of nitrogens with one attached hydrogen (secondary N) is 1. The minimum Gasteiger partial charge on any atom is -0.355 e. The SMILES string of the molecule is Brc1ccc2[nH]c3ccc(-c4ccc(-c5ccccc5)cc4)cc3c2c1. The lowest BCUT2D eigenvalue weighted by Gasteiger charge is -2.05. The van der Waals surface area contributed by atoms with Crippen molar-refractivity contribution in [2.75, 3.05) is 0 Å². The summed E-state index contributed by atoms with van der Waals surface area (Å²) in [6.07, 6.45) is 0.